The molecule has 1 unspecified atom stereocenters. The van der Waals surface area contributed by atoms with Crippen LogP contribution in [0.25, 0.3) is 0 Å². The van der Waals surface area contributed by atoms with Crippen molar-refractivity contribution in [3.63, 3.8) is 0 Å². The molecular formula is C27H39N7O6. The number of rotatable bonds is 13. The molecule has 2 atom stereocenters. The van der Waals surface area contributed by atoms with Crippen molar-refractivity contribution in [2.45, 2.75) is 83.3 Å². The van der Waals surface area contributed by atoms with E-state index in [1.54, 1.807) is 0 Å². The summed E-state index contributed by atoms with van der Waals surface area (Å²) in [6.07, 6.45) is 6.17. The molecule has 4 N–H and O–H groups in total. The number of aromatic nitrogens is 2. The largest absolute Gasteiger partial charge is 0.494 e. The van der Waals surface area contributed by atoms with E-state index in [0.29, 0.717) is 51.9 Å². The summed E-state index contributed by atoms with van der Waals surface area (Å²) in [7, 11) is 0. The third-order valence-electron chi connectivity index (χ3n) is 8.33. The predicted molar refractivity (Wildman–Crippen MR) is 145 cm³/mol. The topological polar surface area (TPSA) is 188 Å². The Labute approximate surface area is 232 Å². The summed E-state index contributed by atoms with van der Waals surface area (Å²) in [5.74, 6) is -1.26. The molecule has 3 heterocycles. The number of amides is 3. The molecule has 0 aromatic carbocycles. The summed E-state index contributed by atoms with van der Waals surface area (Å²) in [5, 5.41) is 27.8. The second-order valence-corrected chi connectivity index (χ2v) is 11.1. The van der Waals surface area contributed by atoms with Crippen LogP contribution in [0.3, 0.4) is 0 Å². The van der Waals surface area contributed by atoms with Crippen molar-refractivity contribution in [1.29, 1.82) is 10.7 Å². The molecule has 3 amide bonds. The van der Waals surface area contributed by atoms with E-state index in [2.05, 4.69) is 0 Å². The first-order chi connectivity index (χ1) is 19.2. The molecule has 1 aliphatic carbocycles. The number of nitrogen functional groups attached to an aromatic ring is 1. The smallest absolute Gasteiger partial charge is 0.334 e. The Morgan fingerprint density at radius 3 is 2.42 bits per heavy atom. The quantitative estimate of drug-likeness (QED) is 0.141. The van der Waals surface area contributed by atoms with Crippen molar-refractivity contribution in [3.05, 3.63) is 26.4 Å². The van der Waals surface area contributed by atoms with Crippen LogP contribution in [-0.4, -0.2) is 74.2 Å². The maximum atomic E-state index is 13.6. The minimum Gasteiger partial charge on any atom is -0.494 e. The van der Waals surface area contributed by atoms with Crippen molar-refractivity contribution in [2.75, 3.05) is 26.3 Å². The first-order valence-electron chi connectivity index (χ1n) is 14.2. The Balaban J connectivity index is 1.58. The zero-order valence-electron chi connectivity index (χ0n) is 23.0. The Morgan fingerprint density at radius 1 is 1.15 bits per heavy atom. The fraction of sp³-hybridized carbons (Fsp3) is 0.704. The minimum atomic E-state index is -0.796. The van der Waals surface area contributed by atoms with E-state index < -0.39 is 47.0 Å². The molecule has 2 aliphatic heterocycles. The number of carbonyl (C=O) groups excluding carboxylic acids is 2. The molecule has 40 heavy (non-hydrogen) atoms. The summed E-state index contributed by atoms with van der Waals surface area (Å²) in [5.41, 5.74) is 3.89. The number of aromatic hydroxyl groups is 1. The van der Waals surface area contributed by atoms with E-state index in [1.807, 2.05) is 13.0 Å². The van der Waals surface area contributed by atoms with E-state index in [9.17, 15) is 24.3 Å². The summed E-state index contributed by atoms with van der Waals surface area (Å²) >= 11 is 0. The number of nitrogens with zero attached hydrogens (tertiary/aromatic N) is 5. The van der Waals surface area contributed by atoms with Crippen LogP contribution in [0.4, 0.5) is 4.79 Å². The maximum Gasteiger partial charge on any atom is 0.334 e. The van der Waals surface area contributed by atoms with Crippen molar-refractivity contribution in [3.8, 4) is 11.9 Å². The molecule has 0 radical (unpaired) electrons. The minimum absolute atomic E-state index is 0.132. The van der Waals surface area contributed by atoms with Gasteiger partial charge in [0.05, 0.1) is 19.3 Å². The first kappa shape index (κ1) is 29.3. The van der Waals surface area contributed by atoms with Gasteiger partial charge in [-0.15, -0.1) is 0 Å². The standard InChI is InChI=1S/C27H39N7O6/c1-2-6-19(9-5-10-20-23(35)31(12-11-28)26(38)32(20)14-18-15-40-16-18)34-25(37)21(22(29)30)24(36)33(27(34)39)13-17-7-3-4-8-17/h17-20,36H,2-10,12-16H2,1H3,(H3,29,30)/t19-,20?/m1/s1. The number of ether oxygens (including phenoxy) is 1. The van der Waals surface area contributed by atoms with Gasteiger partial charge in [-0.3, -0.25) is 24.1 Å². The lowest BCUT2D eigenvalue weighted by Crippen LogP contribution is -2.46. The second kappa shape index (κ2) is 12.7. The third kappa shape index (κ3) is 5.77. The molecule has 13 heteroatoms. The number of amidine groups is 1. The second-order valence-electron chi connectivity index (χ2n) is 11.1. The van der Waals surface area contributed by atoms with Crippen molar-refractivity contribution < 1.29 is 19.4 Å². The highest BCUT2D eigenvalue weighted by Crippen LogP contribution is 2.29. The van der Waals surface area contributed by atoms with Gasteiger partial charge in [-0.1, -0.05) is 26.2 Å². The molecule has 3 aliphatic rings. The Hall–Kier alpha value is -3.66. The highest BCUT2D eigenvalue weighted by molar-refractivity contribution is 6.04. The third-order valence-corrected chi connectivity index (χ3v) is 8.33. The monoisotopic (exact) mass is 557 g/mol. The molecule has 3 fully saturated rings. The van der Waals surface area contributed by atoms with Gasteiger partial charge < -0.3 is 20.5 Å². The van der Waals surface area contributed by atoms with Crippen LogP contribution < -0.4 is 17.0 Å². The van der Waals surface area contributed by atoms with Gasteiger partial charge in [-0.25, -0.2) is 14.5 Å². The normalized spacial score (nSPS) is 20.6. The number of nitriles is 1. The lowest BCUT2D eigenvalue weighted by Gasteiger charge is -2.32. The van der Waals surface area contributed by atoms with E-state index in [1.165, 1.54) is 9.47 Å². The summed E-state index contributed by atoms with van der Waals surface area (Å²) < 4.78 is 7.51. The molecule has 218 valence electrons. The van der Waals surface area contributed by atoms with Gasteiger partial charge in [0, 0.05) is 25.0 Å². The number of hydrogen-bond acceptors (Lipinski definition) is 8. The van der Waals surface area contributed by atoms with E-state index in [-0.39, 0.29) is 30.5 Å². The molecule has 2 saturated heterocycles. The predicted octanol–water partition coefficient (Wildman–Crippen LogP) is 1.50. The fourth-order valence-corrected chi connectivity index (χ4v) is 6.18. The number of hydrogen-bond donors (Lipinski definition) is 3. The van der Waals surface area contributed by atoms with E-state index in [0.717, 1.165) is 35.2 Å². The van der Waals surface area contributed by atoms with Crippen molar-refractivity contribution >= 4 is 17.8 Å². The SMILES string of the molecule is CCC[C@H](CCCC1C(=O)N(CC#N)C(=O)N1CC1COC1)n1c(=O)c(C(=N)N)c(O)n(CC2CCCC2)c1=O. The maximum absolute atomic E-state index is 13.6. The fourth-order valence-electron chi connectivity index (χ4n) is 6.18. The van der Waals surface area contributed by atoms with Crippen LogP contribution in [0.15, 0.2) is 9.59 Å². The summed E-state index contributed by atoms with van der Waals surface area (Å²) in [6, 6.07) is 0.119. The van der Waals surface area contributed by atoms with Crippen LogP contribution in [0, 0.1) is 28.6 Å². The van der Waals surface area contributed by atoms with Gasteiger partial charge in [0.25, 0.3) is 11.5 Å². The number of nitrogens with two attached hydrogens (primary N) is 1. The van der Waals surface area contributed by atoms with Gasteiger partial charge in [-0.2, -0.15) is 5.26 Å². The number of nitrogens with one attached hydrogen (secondary N) is 1. The van der Waals surface area contributed by atoms with Gasteiger partial charge in [0.2, 0.25) is 5.88 Å². The molecule has 13 nitrogen and oxygen atoms in total. The zero-order valence-corrected chi connectivity index (χ0v) is 23.0. The van der Waals surface area contributed by atoms with Gasteiger partial charge in [0.1, 0.15) is 24.0 Å². The van der Waals surface area contributed by atoms with Gasteiger partial charge in [-0.05, 0) is 44.4 Å². The van der Waals surface area contributed by atoms with Crippen LogP contribution in [-0.2, 0) is 16.1 Å². The van der Waals surface area contributed by atoms with Crippen LogP contribution in [0.2, 0.25) is 0 Å². The van der Waals surface area contributed by atoms with Crippen LogP contribution in [0.5, 0.6) is 5.88 Å². The Kier molecular flexibility index (Phi) is 9.29. The van der Waals surface area contributed by atoms with Crippen molar-refractivity contribution in [2.24, 2.45) is 17.6 Å². The Bertz CT molecular complexity index is 1290. The molecular weight excluding hydrogens is 518 g/mol. The highest BCUT2D eigenvalue weighted by Gasteiger charge is 2.45. The molecule has 1 saturated carbocycles. The van der Waals surface area contributed by atoms with E-state index >= 15 is 0 Å². The van der Waals surface area contributed by atoms with Crippen molar-refractivity contribution in [1.82, 2.24) is 18.9 Å². The van der Waals surface area contributed by atoms with Crippen LogP contribution >= 0.6 is 0 Å². The molecule has 1 aromatic rings. The average molecular weight is 558 g/mol. The van der Waals surface area contributed by atoms with Gasteiger partial charge >= 0.3 is 11.7 Å². The lowest BCUT2D eigenvalue weighted by atomic mass is 10.00. The average Bonchev–Trinajstić information content (AvgIpc) is 3.47. The lowest BCUT2D eigenvalue weighted by molar-refractivity contribution is -0.128. The molecule has 4 rings (SSSR count). The van der Waals surface area contributed by atoms with E-state index in [4.69, 9.17) is 21.1 Å². The number of imide groups is 1. The molecule has 0 bridgehead atoms. The van der Waals surface area contributed by atoms with Gasteiger partial charge in [0.15, 0.2) is 0 Å². The summed E-state index contributed by atoms with van der Waals surface area (Å²) in [4.78, 5) is 55.5. The first-order valence-corrected chi connectivity index (χ1v) is 14.2. The highest BCUT2D eigenvalue weighted by atomic mass is 16.5. The zero-order chi connectivity index (χ0) is 29.0. The summed E-state index contributed by atoms with van der Waals surface area (Å²) in [6.45, 7) is 3.25. The Morgan fingerprint density at radius 2 is 1.85 bits per heavy atom. The van der Waals surface area contributed by atoms with Crippen LogP contribution in [0.1, 0.15) is 76.3 Å². The number of urea groups is 1. The molecule has 1 aromatic heterocycles. The number of carbonyl (C=O) groups is 2. The molecule has 0 spiro atoms.